The van der Waals surface area contributed by atoms with Crippen LogP contribution in [0, 0.1) is 0 Å². The summed E-state index contributed by atoms with van der Waals surface area (Å²) in [5, 5.41) is 10.7. The maximum atomic E-state index is 12.3. The van der Waals surface area contributed by atoms with E-state index >= 15 is 0 Å². The molecule has 4 heterocycles. The van der Waals surface area contributed by atoms with Crippen LogP contribution in [-0.4, -0.2) is 38.9 Å². The highest BCUT2D eigenvalue weighted by molar-refractivity contribution is 5.77. The first-order valence-corrected chi connectivity index (χ1v) is 7.32. The Bertz CT molecular complexity index is 653. The van der Waals surface area contributed by atoms with Crippen LogP contribution in [0.4, 0.5) is 4.79 Å². The van der Waals surface area contributed by atoms with Gasteiger partial charge >= 0.3 is 6.03 Å². The fraction of sp³-hybridized carbons (Fsp3) is 0.400. The van der Waals surface area contributed by atoms with Crippen LogP contribution >= 0.6 is 0 Å². The number of aromatic nitrogens is 3. The van der Waals surface area contributed by atoms with E-state index < -0.39 is 0 Å². The third-order valence-corrected chi connectivity index (χ3v) is 4.36. The van der Waals surface area contributed by atoms with Gasteiger partial charge in [-0.15, -0.1) is 0 Å². The first-order chi connectivity index (χ1) is 10.3. The molecule has 0 unspecified atom stereocenters. The predicted molar refractivity (Wildman–Crippen MR) is 77.7 cm³/mol. The van der Waals surface area contributed by atoms with Gasteiger partial charge in [-0.2, -0.15) is 9.78 Å². The van der Waals surface area contributed by atoms with E-state index in [0.29, 0.717) is 12.1 Å². The minimum Gasteiger partial charge on any atom is -0.332 e. The highest BCUT2D eigenvalue weighted by atomic mass is 16.2. The summed E-state index contributed by atoms with van der Waals surface area (Å²) in [6.45, 7) is 0. The van der Waals surface area contributed by atoms with Gasteiger partial charge in [0.25, 0.3) is 0 Å². The zero-order valence-corrected chi connectivity index (χ0v) is 11.6. The number of nitrogens with zero attached hydrogens (tertiary/aromatic N) is 3. The molecule has 0 radical (unpaired) electrons. The van der Waals surface area contributed by atoms with E-state index in [9.17, 15) is 4.79 Å². The fourth-order valence-electron chi connectivity index (χ4n) is 3.31. The molecule has 2 fully saturated rings. The summed E-state index contributed by atoms with van der Waals surface area (Å²) in [7, 11) is 0. The molecule has 0 saturated carbocycles. The molecule has 0 spiro atoms. The summed E-state index contributed by atoms with van der Waals surface area (Å²) in [4.78, 5) is 16.5. The predicted octanol–water partition coefficient (Wildman–Crippen LogP) is 1.40. The molecule has 2 aliphatic heterocycles. The number of hydrogen-bond acceptors (Lipinski definition) is 4. The summed E-state index contributed by atoms with van der Waals surface area (Å²) >= 11 is 0. The van der Waals surface area contributed by atoms with E-state index in [4.69, 9.17) is 0 Å². The summed E-state index contributed by atoms with van der Waals surface area (Å²) in [5.74, 6) is 0. The second-order valence-electron chi connectivity index (χ2n) is 5.73. The molecular formula is C15H17N5O. The maximum Gasteiger partial charge on any atom is 0.342 e. The highest BCUT2D eigenvalue weighted by Gasteiger charge is 2.39. The molecule has 6 nitrogen and oxygen atoms in total. The number of carbonyl (C=O) groups excluding carboxylic acids is 1. The van der Waals surface area contributed by atoms with Crippen molar-refractivity contribution < 1.29 is 4.79 Å². The van der Waals surface area contributed by atoms with E-state index in [1.165, 1.54) is 11.1 Å². The van der Waals surface area contributed by atoms with Gasteiger partial charge in [-0.3, -0.25) is 4.98 Å². The van der Waals surface area contributed by atoms with Gasteiger partial charge in [0, 0.05) is 36.1 Å². The van der Waals surface area contributed by atoms with Crippen LogP contribution in [0.25, 0.3) is 11.3 Å². The first kappa shape index (κ1) is 12.5. The Morgan fingerprint density at radius 3 is 3.05 bits per heavy atom. The first-order valence-electron chi connectivity index (χ1n) is 7.32. The molecule has 0 aromatic carbocycles. The van der Waals surface area contributed by atoms with E-state index in [2.05, 4.69) is 20.7 Å². The van der Waals surface area contributed by atoms with Gasteiger partial charge in [-0.25, -0.2) is 4.79 Å². The maximum absolute atomic E-state index is 12.3. The molecule has 0 aliphatic carbocycles. The van der Waals surface area contributed by atoms with Crippen LogP contribution in [0.2, 0.25) is 0 Å². The van der Waals surface area contributed by atoms with Crippen LogP contribution in [0.1, 0.15) is 19.3 Å². The smallest absolute Gasteiger partial charge is 0.332 e. The largest absolute Gasteiger partial charge is 0.342 e. The Labute approximate surface area is 122 Å². The molecule has 2 aromatic rings. The Morgan fingerprint density at radius 1 is 1.38 bits per heavy atom. The lowest BCUT2D eigenvalue weighted by Gasteiger charge is -2.21. The number of rotatable bonds is 2. The van der Waals surface area contributed by atoms with Crippen LogP contribution in [0.5, 0.6) is 0 Å². The Balaban J connectivity index is 1.47. The second-order valence-corrected chi connectivity index (χ2v) is 5.73. The molecule has 2 bridgehead atoms. The van der Waals surface area contributed by atoms with Gasteiger partial charge in [-0.05, 0) is 31.4 Å². The van der Waals surface area contributed by atoms with Gasteiger partial charge in [0.1, 0.15) is 0 Å². The lowest BCUT2D eigenvalue weighted by molar-refractivity contribution is 0.233. The molecule has 1 amide bonds. The number of nitrogens with one attached hydrogen (secondary N) is 2. The van der Waals surface area contributed by atoms with E-state index in [1.54, 1.807) is 18.6 Å². The van der Waals surface area contributed by atoms with Gasteiger partial charge in [0.15, 0.2) is 0 Å². The number of amides is 1. The Hall–Kier alpha value is -2.21. The molecule has 2 aliphatic rings. The molecule has 3 atom stereocenters. The summed E-state index contributed by atoms with van der Waals surface area (Å²) in [6, 6.07) is 6.73. The standard InChI is InChI=1S/C15H17N5O/c21-15(19-14-7-11-4-5-13(14)18-11)20-9-10(8-17-20)12-3-1-2-6-16-12/h1-3,6,8-9,11,13-14,18H,4-5,7H2,(H,19,21)/t11-,13+,14-/m1/s1. The van der Waals surface area contributed by atoms with Crippen LogP contribution in [0.15, 0.2) is 36.8 Å². The zero-order chi connectivity index (χ0) is 14.2. The lowest BCUT2D eigenvalue weighted by Crippen LogP contribution is -2.44. The van der Waals surface area contributed by atoms with Gasteiger partial charge in [0.2, 0.25) is 0 Å². The van der Waals surface area contributed by atoms with Crippen molar-refractivity contribution in [2.24, 2.45) is 0 Å². The number of pyridine rings is 1. The molecule has 108 valence electrons. The van der Waals surface area contributed by atoms with Crippen molar-refractivity contribution in [1.82, 2.24) is 25.4 Å². The average Bonchev–Trinajstić information content (AvgIpc) is 3.24. The number of carbonyl (C=O) groups is 1. The minimum absolute atomic E-state index is 0.170. The Kier molecular flexibility index (Phi) is 2.96. The summed E-state index contributed by atoms with van der Waals surface area (Å²) < 4.78 is 1.36. The van der Waals surface area contributed by atoms with Crippen molar-refractivity contribution in [3.63, 3.8) is 0 Å². The molecule has 2 aromatic heterocycles. The van der Waals surface area contributed by atoms with E-state index in [0.717, 1.165) is 24.1 Å². The van der Waals surface area contributed by atoms with Gasteiger partial charge in [-0.1, -0.05) is 6.07 Å². The zero-order valence-electron chi connectivity index (χ0n) is 11.6. The average molecular weight is 283 g/mol. The quantitative estimate of drug-likeness (QED) is 0.874. The summed E-state index contributed by atoms with van der Waals surface area (Å²) in [6.07, 6.45) is 8.51. The highest BCUT2D eigenvalue weighted by Crippen LogP contribution is 2.28. The van der Waals surface area contributed by atoms with Crippen molar-refractivity contribution in [3.05, 3.63) is 36.8 Å². The normalized spacial score (nSPS) is 27.0. The molecule has 2 saturated heterocycles. The molecule has 21 heavy (non-hydrogen) atoms. The van der Waals surface area contributed by atoms with Gasteiger partial charge < -0.3 is 10.6 Å². The molecule has 2 N–H and O–H groups in total. The SMILES string of the molecule is O=C(N[C@@H]1C[C@H]2CC[C@@H]1N2)n1cc(-c2ccccn2)cn1. The molecule has 4 rings (SSSR count). The number of hydrogen-bond donors (Lipinski definition) is 2. The van der Waals surface area contributed by atoms with Crippen LogP contribution in [-0.2, 0) is 0 Å². The van der Waals surface area contributed by atoms with E-state index in [-0.39, 0.29) is 12.1 Å². The van der Waals surface area contributed by atoms with Crippen molar-refractivity contribution in [2.45, 2.75) is 37.4 Å². The molecule has 6 heteroatoms. The monoisotopic (exact) mass is 283 g/mol. The summed E-state index contributed by atoms with van der Waals surface area (Å²) in [5.41, 5.74) is 1.66. The van der Waals surface area contributed by atoms with Crippen molar-refractivity contribution >= 4 is 6.03 Å². The topological polar surface area (TPSA) is 71.8 Å². The van der Waals surface area contributed by atoms with Crippen LogP contribution < -0.4 is 10.6 Å². The van der Waals surface area contributed by atoms with Crippen molar-refractivity contribution in [1.29, 1.82) is 0 Å². The minimum atomic E-state index is -0.170. The number of fused-ring (bicyclic) bond motifs is 2. The third-order valence-electron chi connectivity index (χ3n) is 4.36. The van der Waals surface area contributed by atoms with E-state index in [1.807, 2.05) is 18.2 Å². The van der Waals surface area contributed by atoms with Crippen molar-refractivity contribution in [2.75, 3.05) is 0 Å². The third kappa shape index (κ3) is 2.31. The van der Waals surface area contributed by atoms with Crippen LogP contribution in [0.3, 0.4) is 0 Å². The fourth-order valence-corrected chi connectivity index (χ4v) is 3.31. The van der Waals surface area contributed by atoms with Crippen molar-refractivity contribution in [3.8, 4) is 11.3 Å². The Morgan fingerprint density at radius 2 is 2.33 bits per heavy atom. The second kappa shape index (κ2) is 4.96. The van der Waals surface area contributed by atoms with Gasteiger partial charge in [0.05, 0.1) is 11.9 Å². The molecular weight excluding hydrogens is 266 g/mol. The lowest BCUT2D eigenvalue weighted by atomic mass is 9.96.